The molecule has 0 unspecified atom stereocenters. The zero-order valence-electron chi connectivity index (χ0n) is 10.6. The van der Waals surface area contributed by atoms with Crippen LogP contribution in [0.1, 0.15) is 11.3 Å². The molecule has 3 aromatic heterocycles. The molecule has 0 amide bonds. The average molecular weight is 305 g/mol. The molecule has 3 heterocycles. The number of nitrogens with two attached hydrogens (primary N) is 1. The van der Waals surface area contributed by atoms with Gasteiger partial charge in [-0.3, -0.25) is 9.20 Å². The van der Waals surface area contributed by atoms with E-state index in [2.05, 4.69) is 15.2 Å². The van der Waals surface area contributed by atoms with Crippen LogP contribution in [-0.2, 0) is 5.75 Å². The Morgan fingerprint density at radius 2 is 2.30 bits per heavy atom. The molecule has 0 atom stereocenters. The molecule has 0 saturated heterocycles. The van der Waals surface area contributed by atoms with Crippen LogP contribution in [0.2, 0.25) is 0 Å². The summed E-state index contributed by atoms with van der Waals surface area (Å²) in [6.07, 6.45) is 1.72. The molecule has 0 fully saturated rings. The van der Waals surface area contributed by atoms with Crippen LogP contribution < -0.4 is 11.3 Å². The molecule has 0 aliphatic rings. The Labute approximate surface area is 122 Å². The van der Waals surface area contributed by atoms with Crippen molar-refractivity contribution in [2.24, 2.45) is 0 Å². The van der Waals surface area contributed by atoms with E-state index in [9.17, 15) is 4.79 Å². The van der Waals surface area contributed by atoms with Crippen molar-refractivity contribution in [3.63, 3.8) is 0 Å². The molecule has 102 valence electrons. The highest BCUT2D eigenvalue weighted by Gasteiger charge is 2.07. The maximum atomic E-state index is 12.0. The molecule has 2 N–H and O–H groups in total. The Hall–Kier alpha value is -1.93. The molecular weight excluding hydrogens is 294 g/mol. The summed E-state index contributed by atoms with van der Waals surface area (Å²) in [6.45, 7) is 1.93. The number of anilines is 1. The molecule has 3 aromatic rings. The van der Waals surface area contributed by atoms with Crippen LogP contribution in [0, 0.1) is 6.92 Å². The van der Waals surface area contributed by atoms with Crippen LogP contribution in [0.3, 0.4) is 0 Å². The minimum atomic E-state index is -0.0777. The van der Waals surface area contributed by atoms with Crippen molar-refractivity contribution in [3.05, 3.63) is 46.0 Å². The standard InChI is InChI=1S/C12H11N5OS2/c1-7-3-2-4-17-9(18)5-8(14-10(7)17)6-19-12-16-15-11(13)20-12/h2-5H,6H2,1H3,(H2,13,15). The Balaban J connectivity index is 1.92. The van der Waals surface area contributed by atoms with Crippen LogP contribution in [0.15, 0.2) is 33.5 Å². The van der Waals surface area contributed by atoms with E-state index in [0.717, 1.165) is 15.6 Å². The number of nitrogens with zero attached hydrogens (tertiary/aromatic N) is 4. The van der Waals surface area contributed by atoms with Gasteiger partial charge >= 0.3 is 0 Å². The zero-order chi connectivity index (χ0) is 14.1. The number of hydrogen-bond donors (Lipinski definition) is 1. The molecule has 0 aromatic carbocycles. The number of nitrogen functional groups attached to an aromatic ring is 1. The maximum absolute atomic E-state index is 12.0. The Morgan fingerprint density at radius 1 is 1.45 bits per heavy atom. The fraction of sp³-hybridized carbons (Fsp3) is 0.167. The highest BCUT2D eigenvalue weighted by Crippen LogP contribution is 2.26. The highest BCUT2D eigenvalue weighted by molar-refractivity contribution is 8.00. The second kappa shape index (κ2) is 5.22. The third kappa shape index (κ3) is 2.52. The van der Waals surface area contributed by atoms with E-state index in [4.69, 9.17) is 5.73 Å². The van der Waals surface area contributed by atoms with Crippen LogP contribution in [0.4, 0.5) is 5.13 Å². The highest BCUT2D eigenvalue weighted by atomic mass is 32.2. The largest absolute Gasteiger partial charge is 0.374 e. The average Bonchev–Trinajstić information content (AvgIpc) is 2.84. The zero-order valence-corrected chi connectivity index (χ0v) is 12.2. The van der Waals surface area contributed by atoms with Gasteiger partial charge in [-0.1, -0.05) is 29.2 Å². The van der Waals surface area contributed by atoms with Gasteiger partial charge in [0.1, 0.15) is 5.65 Å². The number of aryl methyl sites for hydroxylation is 1. The molecule has 6 nitrogen and oxygen atoms in total. The Kier molecular flexibility index (Phi) is 3.41. The van der Waals surface area contributed by atoms with Gasteiger partial charge in [0.05, 0.1) is 5.69 Å². The van der Waals surface area contributed by atoms with Crippen LogP contribution >= 0.6 is 23.1 Å². The third-order valence-corrected chi connectivity index (χ3v) is 4.62. The predicted octanol–water partition coefficient (Wildman–Crippen LogP) is 1.73. The van der Waals surface area contributed by atoms with Gasteiger partial charge in [-0.15, -0.1) is 10.2 Å². The van der Waals surface area contributed by atoms with Crippen molar-refractivity contribution in [2.75, 3.05) is 5.73 Å². The summed E-state index contributed by atoms with van der Waals surface area (Å²) in [6, 6.07) is 5.32. The molecule has 0 aliphatic heterocycles. The molecule has 0 radical (unpaired) electrons. The first kappa shape index (κ1) is 13.1. The van der Waals surface area contributed by atoms with E-state index in [1.54, 1.807) is 16.7 Å². The normalized spacial score (nSPS) is 11.1. The van der Waals surface area contributed by atoms with Gasteiger partial charge in [0, 0.05) is 18.0 Å². The molecule has 8 heteroatoms. The molecule has 20 heavy (non-hydrogen) atoms. The minimum Gasteiger partial charge on any atom is -0.374 e. The summed E-state index contributed by atoms with van der Waals surface area (Å²) in [7, 11) is 0. The molecule has 0 spiro atoms. The smallest absolute Gasteiger partial charge is 0.258 e. The van der Waals surface area contributed by atoms with E-state index in [1.807, 2.05) is 19.1 Å². The minimum absolute atomic E-state index is 0.0777. The number of aromatic nitrogens is 4. The number of fused-ring (bicyclic) bond motifs is 1. The van der Waals surface area contributed by atoms with Gasteiger partial charge in [0.15, 0.2) is 4.34 Å². The summed E-state index contributed by atoms with van der Waals surface area (Å²) in [5.41, 5.74) is 7.83. The second-order valence-corrected chi connectivity index (χ2v) is 6.40. The molecule has 3 rings (SSSR count). The number of pyridine rings is 1. The van der Waals surface area contributed by atoms with Crippen molar-refractivity contribution in [1.82, 2.24) is 19.6 Å². The van der Waals surface area contributed by atoms with E-state index < -0.39 is 0 Å². The van der Waals surface area contributed by atoms with Crippen molar-refractivity contribution in [2.45, 2.75) is 17.0 Å². The first-order valence-corrected chi connectivity index (χ1v) is 7.63. The van der Waals surface area contributed by atoms with Gasteiger partial charge in [0.25, 0.3) is 5.56 Å². The van der Waals surface area contributed by atoms with Gasteiger partial charge in [-0.2, -0.15) is 0 Å². The van der Waals surface area contributed by atoms with Gasteiger partial charge < -0.3 is 5.73 Å². The van der Waals surface area contributed by atoms with E-state index in [1.165, 1.54) is 23.1 Å². The van der Waals surface area contributed by atoms with Gasteiger partial charge in [-0.05, 0) is 18.6 Å². The van der Waals surface area contributed by atoms with Crippen molar-refractivity contribution >= 4 is 33.9 Å². The first-order chi connectivity index (χ1) is 9.63. The number of thioether (sulfide) groups is 1. The summed E-state index contributed by atoms with van der Waals surface area (Å²) in [4.78, 5) is 16.6. The SMILES string of the molecule is Cc1cccn2c(=O)cc(CSc3nnc(N)s3)nc12. The maximum Gasteiger partial charge on any atom is 0.258 e. The lowest BCUT2D eigenvalue weighted by Gasteiger charge is -2.05. The fourth-order valence-corrected chi connectivity index (χ4v) is 3.33. The topological polar surface area (TPSA) is 86.2 Å². The predicted molar refractivity (Wildman–Crippen MR) is 80.1 cm³/mol. The molecule has 0 saturated carbocycles. The number of hydrogen-bond acceptors (Lipinski definition) is 7. The fourth-order valence-electron chi connectivity index (χ4n) is 1.80. The van der Waals surface area contributed by atoms with Crippen molar-refractivity contribution in [1.29, 1.82) is 0 Å². The number of rotatable bonds is 3. The summed E-state index contributed by atoms with van der Waals surface area (Å²) in [5.74, 6) is 0.564. The quantitative estimate of drug-likeness (QED) is 0.742. The van der Waals surface area contributed by atoms with E-state index in [-0.39, 0.29) is 5.56 Å². The first-order valence-electron chi connectivity index (χ1n) is 5.83. The monoisotopic (exact) mass is 305 g/mol. The lowest BCUT2D eigenvalue weighted by molar-refractivity contribution is 0.994. The van der Waals surface area contributed by atoms with Crippen LogP contribution in [-0.4, -0.2) is 19.6 Å². The molecular formula is C12H11N5OS2. The third-order valence-electron chi connectivity index (χ3n) is 2.70. The van der Waals surface area contributed by atoms with Gasteiger partial charge in [0.2, 0.25) is 5.13 Å². The van der Waals surface area contributed by atoms with Gasteiger partial charge in [-0.25, -0.2) is 4.98 Å². The molecule has 0 bridgehead atoms. The van der Waals surface area contributed by atoms with E-state index >= 15 is 0 Å². The van der Waals surface area contributed by atoms with Crippen LogP contribution in [0.25, 0.3) is 5.65 Å². The van der Waals surface area contributed by atoms with E-state index in [0.29, 0.717) is 16.5 Å². The lowest BCUT2D eigenvalue weighted by atomic mass is 10.3. The lowest BCUT2D eigenvalue weighted by Crippen LogP contribution is -2.15. The second-order valence-electron chi connectivity index (χ2n) is 4.17. The van der Waals surface area contributed by atoms with Crippen molar-refractivity contribution < 1.29 is 0 Å². The summed E-state index contributed by atoms with van der Waals surface area (Å²) in [5, 5.41) is 8.12. The Bertz CT molecular complexity index is 826. The summed E-state index contributed by atoms with van der Waals surface area (Å²) < 4.78 is 2.32. The summed E-state index contributed by atoms with van der Waals surface area (Å²) >= 11 is 2.80. The molecule has 0 aliphatic carbocycles. The Morgan fingerprint density at radius 3 is 3.05 bits per heavy atom. The van der Waals surface area contributed by atoms with Crippen LogP contribution in [0.5, 0.6) is 0 Å². The van der Waals surface area contributed by atoms with Crippen molar-refractivity contribution in [3.8, 4) is 0 Å².